The van der Waals surface area contributed by atoms with Gasteiger partial charge in [-0.25, -0.2) is 4.58 Å². The molecule has 482 valence electrons. The molecule has 10 rings (SSSR count). The number of ether oxygens (including phenoxy) is 4. The van der Waals surface area contributed by atoms with Crippen LogP contribution in [0.2, 0.25) is 0 Å². The molecule has 3 aliphatic heterocycles. The maximum atomic E-state index is 13.9. The molecule has 0 atom stereocenters. The molecule has 0 aromatic heterocycles. The van der Waals surface area contributed by atoms with Gasteiger partial charge in [0.25, 0.3) is 0 Å². The number of aromatic carboxylic acids is 1. The SMILES string of the molecule is CC(C)c1ccccc1OCCOc1cc(NC(=O)C2CN(c3ccc4c(-c5ccccc5C(=O)[O-])c5ccc(=[N+]6CC(C(=O)Nc7ccc(N(C)CC(=O)O)c(OCCOc8ccccc8N(CC(=O)O)CC(=O)O)c7)C6)cc-5oc4c3)C2)ccc1N(C)CC(=O)O. The van der Waals surface area contributed by atoms with Crippen molar-refractivity contribution < 1.29 is 82.5 Å². The summed E-state index contributed by atoms with van der Waals surface area (Å²) in [6.07, 6.45) is 0. The van der Waals surface area contributed by atoms with E-state index in [9.17, 15) is 59.1 Å². The minimum absolute atomic E-state index is 0.0134. The Balaban J connectivity index is 0.832. The van der Waals surface area contributed by atoms with Crippen molar-refractivity contribution in [1.82, 2.24) is 4.58 Å². The van der Waals surface area contributed by atoms with Crippen LogP contribution in [-0.2, 0) is 28.8 Å². The van der Waals surface area contributed by atoms with Crippen molar-refractivity contribution >= 4 is 86.8 Å². The van der Waals surface area contributed by atoms with Gasteiger partial charge in [0, 0.05) is 90.6 Å². The van der Waals surface area contributed by atoms with Gasteiger partial charge in [0.1, 0.15) is 86.9 Å². The van der Waals surface area contributed by atoms with Crippen LogP contribution in [0.1, 0.15) is 35.7 Å². The molecule has 6 N–H and O–H groups in total. The number of carbonyl (C=O) groups is 7. The number of para-hydroxylation sites is 3. The summed E-state index contributed by atoms with van der Waals surface area (Å²) in [5, 5.41) is 58.0. The number of hydrogen-bond acceptors (Lipinski definition) is 17. The third-order valence-electron chi connectivity index (χ3n) is 16.0. The Morgan fingerprint density at radius 2 is 1.10 bits per heavy atom. The van der Waals surface area contributed by atoms with Gasteiger partial charge in [0.2, 0.25) is 17.2 Å². The van der Waals surface area contributed by atoms with Crippen LogP contribution in [0, 0.1) is 11.8 Å². The van der Waals surface area contributed by atoms with Gasteiger partial charge < -0.3 is 83.9 Å². The number of nitrogens with one attached hydrogen (secondary N) is 2. The van der Waals surface area contributed by atoms with E-state index in [1.54, 1.807) is 91.8 Å². The van der Waals surface area contributed by atoms with E-state index < -0.39 is 54.8 Å². The van der Waals surface area contributed by atoms with E-state index in [1.165, 1.54) is 17.0 Å². The number of carboxylic acid groups (broad SMARTS) is 5. The Hall–Kier alpha value is -11.3. The van der Waals surface area contributed by atoms with Crippen LogP contribution in [0.15, 0.2) is 150 Å². The van der Waals surface area contributed by atoms with Gasteiger partial charge in [-0.05, 0) is 77.7 Å². The molecule has 2 amide bonds. The first-order valence-electron chi connectivity index (χ1n) is 30.0. The van der Waals surface area contributed by atoms with Gasteiger partial charge in [-0.2, -0.15) is 0 Å². The zero-order valence-corrected chi connectivity index (χ0v) is 51.4. The van der Waals surface area contributed by atoms with Gasteiger partial charge in [-0.3, -0.25) is 28.8 Å². The van der Waals surface area contributed by atoms with Crippen molar-refractivity contribution in [2.24, 2.45) is 11.8 Å². The van der Waals surface area contributed by atoms with E-state index in [0.29, 0.717) is 88.1 Å². The van der Waals surface area contributed by atoms with Crippen molar-refractivity contribution in [3.8, 4) is 45.4 Å². The fourth-order valence-corrected chi connectivity index (χ4v) is 11.3. The second kappa shape index (κ2) is 28.7. The molecule has 6 aromatic carbocycles. The molecule has 24 heteroatoms. The second-order valence-electron chi connectivity index (χ2n) is 22.9. The van der Waals surface area contributed by atoms with Crippen LogP contribution >= 0.6 is 0 Å². The predicted octanol–water partition coefficient (Wildman–Crippen LogP) is 6.74. The lowest BCUT2D eigenvalue weighted by atomic mass is 9.90. The first-order valence-corrected chi connectivity index (χ1v) is 30.0. The Bertz CT molecular complexity index is 4180. The molecular weight excluding hydrogens is 1200 g/mol. The lowest BCUT2D eigenvalue weighted by Crippen LogP contribution is -2.53. The third kappa shape index (κ3) is 15.5. The Labute approximate surface area is 534 Å². The largest absolute Gasteiger partial charge is 0.545 e. The predicted molar refractivity (Wildman–Crippen MR) is 345 cm³/mol. The summed E-state index contributed by atoms with van der Waals surface area (Å²) in [7, 11) is 3.21. The number of likely N-dealkylation sites (N-methyl/N-ethyl adjacent to an activating group) is 2. The number of benzene rings is 7. The standard InChI is InChI=1S/C69H69N7O17/c1-41(2)48-11-7-9-15-56(48)89-25-27-91-60-29-44(17-23-53(60)72(3)37-62(77)78)70-67(85)42-33-74(34-42)46-19-21-51-58(31-46)93-59-32-47(20-22-52(59)66(51)49-12-5-6-13-50(49)69(87)88)75-35-43(36-75)68(86)71-45-18-24-54(73(4)38-63(79)80)61(30-45)92-28-26-90-57-16-10-8-14-55(57)76(39-64(81)82)40-65(83)84/h5-24,29-32,41-43H,25-28,33-40H2,1-4H3,(H6-,70,71,77,78,79,80,81,82,83,84,85,86,87,88). The minimum atomic E-state index is -1.35. The Morgan fingerprint density at radius 3 is 1.68 bits per heavy atom. The highest BCUT2D eigenvalue weighted by Gasteiger charge is 2.39. The number of aliphatic carboxylic acids is 4. The van der Waals surface area contributed by atoms with Crippen molar-refractivity contribution in [3.63, 3.8) is 0 Å². The molecule has 93 heavy (non-hydrogen) atoms. The van der Waals surface area contributed by atoms with Crippen molar-refractivity contribution in [2.45, 2.75) is 19.8 Å². The van der Waals surface area contributed by atoms with E-state index in [0.717, 1.165) is 27.3 Å². The zero-order chi connectivity index (χ0) is 66.0. The Morgan fingerprint density at radius 1 is 0.570 bits per heavy atom. The molecule has 4 aliphatic rings. The van der Waals surface area contributed by atoms with Crippen LogP contribution in [0.4, 0.5) is 34.1 Å². The number of amides is 2. The van der Waals surface area contributed by atoms with E-state index in [1.807, 2.05) is 70.1 Å². The fraction of sp³-hybridized carbons (Fsp3) is 0.275. The summed E-state index contributed by atoms with van der Waals surface area (Å²) in [4.78, 5) is 93.1. The smallest absolute Gasteiger partial charge is 0.323 e. The number of anilines is 6. The maximum Gasteiger partial charge on any atom is 0.323 e. The van der Waals surface area contributed by atoms with E-state index >= 15 is 0 Å². The summed E-state index contributed by atoms with van der Waals surface area (Å²) in [6.45, 7) is 3.92. The summed E-state index contributed by atoms with van der Waals surface area (Å²) >= 11 is 0. The van der Waals surface area contributed by atoms with E-state index in [2.05, 4.69) is 24.5 Å². The van der Waals surface area contributed by atoms with Crippen LogP contribution in [0.5, 0.6) is 23.0 Å². The van der Waals surface area contributed by atoms with Crippen molar-refractivity contribution in [2.75, 3.05) is 123 Å². The molecule has 0 spiro atoms. The topological polar surface area (TPSA) is 314 Å². The van der Waals surface area contributed by atoms with Gasteiger partial charge in [0.15, 0.2) is 19.0 Å². The molecule has 3 heterocycles. The summed E-state index contributed by atoms with van der Waals surface area (Å²) in [6, 6.07) is 41.8. The minimum Gasteiger partial charge on any atom is -0.545 e. The van der Waals surface area contributed by atoms with Gasteiger partial charge in [0.05, 0.1) is 35.0 Å². The quantitative estimate of drug-likeness (QED) is 0.0161. The summed E-state index contributed by atoms with van der Waals surface area (Å²) < 4.78 is 33.0. The number of nitrogens with zero attached hydrogens (tertiary/aromatic N) is 5. The third-order valence-corrected chi connectivity index (χ3v) is 16.0. The fourth-order valence-electron chi connectivity index (χ4n) is 11.3. The molecule has 0 bridgehead atoms. The summed E-state index contributed by atoms with van der Waals surface area (Å²) in [5.41, 5.74) is 5.92. The van der Waals surface area contributed by atoms with Gasteiger partial charge >= 0.3 is 23.9 Å². The molecule has 24 nitrogen and oxygen atoms in total. The molecule has 6 aromatic rings. The zero-order valence-electron chi connectivity index (χ0n) is 51.4. The van der Waals surface area contributed by atoms with Gasteiger partial charge in [-0.15, -0.1) is 0 Å². The molecule has 2 saturated heterocycles. The molecule has 0 unspecified atom stereocenters. The average molecular weight is 1270 g/mol. The first kappa shape index (κ1) is 64.7. The molecule has 1 aliphatic carbocycles. The Kier molecular flexibility index (Phi) is 19.9. The maximum absolute atomic E-state index is 13.9. The highest BCUT2D eigenvalue weighted by atomic mass is 16.5. The van der Waals surface area contributed by atoms with Crippen LogP contribution in [0.3, 0.4) is 0 Å². The van der Waals surface area contributed by atoms with Crippen LogP contribution in [0.25, 0.3) is 33.4 Å². The van der Waals surface area contributed by atoms with E-state index in [-0.39, 0.29) is 80.0 Å². The number of fused-ring (bicyclic) bond motifs is 2. The normalized spacial score (nSPS) is 13.5. The molecular formula is C69H69N7O17. The van der Waals surface area contributed by atoms with Gasteiger partial charge in [-0.1, -0.05) is 68.4 Å². The molecule has 0 saturated carbocycles. The lowest BCUT2D eigenvalue weighted by Gasteiger charge is -2.40. The number of carbonyl (C=O) groups excluding carboxylic acids is 3. The number of rotatable bonds is 29. The van der Waals surface area contributed by atoms with Crippen LogP contribution < -0.4 is 64.2 Å². The number of hydrogen-bond donors (Lipinski definition) is 6. The lowest BCUT2D eigenvalue weighted by molar-refractivity contribution is -0.255. The van der Waals surface area contributed by atoms with E-state index in [4.69, 9.17) is 23.4 Å². The monoisotopic (exact) mass is 1270 g/mol. The summed E-state index contributed by atoms with van der Waals surface area (Å²) in [5.74, 6) is -5.07. The van der Waals surface area contributed by atoms with Crippen LogP contribution in [-0.4, -0.2) is 155 Å². The highest BCUT2D eigenvalue weighted by molar-refractivity contribution is 6.08. The van der Waals surface area contributed by atoms with Crippen molar-refractivity contribution in [3.05, 3.63) is 162 Å². The molecule has 0 radical (unpaired) electrons. The van der Waals surface area contributed by atoms with Crippen molar-refractivity contribution in [1.29, 1.82) is 0 Å². The molecule has 2 fully saturated rings. The second-order valence-corrected chi connectivity index (χ2v) is 22.9. The number of carboxylic acids is 5. The average Bonchev–Trinajstić information content (AvgIpc) is 0.743. The first-order chi connectivity index (χ1) is 44.7. The highest BCUT2D eigenvalue weighted by Crippen LogP contribution is 2.43.